The third-order valence-electron chi connectivity index (χ3n) is 2.44. The van der Waals surface area contributed by atoms with Crippen LogP contribution in [-0.2, 0) is 4.79 Å². The predicted molar refractivity (Wildman–Crippen MR) is 67.2 cm³/mol. The molecule has 3 N–H and O–H groups in total. The number of nitrogens with one attached hydrogen (secondary N) is 1. The number of nitrogens with zero attached hydrogens (tertiary/aromatic N) is 1. The molecule has 0 radical (unpaired) electrons. The lowest BCUT2D eigenvalue weighted by Crippen LogP contribution is -2.08. The van der Waals surface area contributed by atoms with Crippen LogP contribution in [0.15, 0.2) is 28.9 Å². The summed E-state index contributed by atoms with van der Waals surface area (Å²) in [7, 11) is 1.53. The maximum atomic E-state index is 11.3. The summed E-state index contributed by atoms with van der Waals surface area (Å²) in [4.78, 5) is 11.3. The Labute approximate surface area is 104 Å². The Morgan fingerprint density at radius 2 is 2.22 bits per heavy atom. The summed E-state index contributed by atoms with van der Waals surface area (Å²) in [5.74, 6) is 0.536. The van der Waals surface area contributed by atoms with Gasteiger partial charge in [-0.3, -0.25) is 4.79 Å². The lowest BCUT2D eigenvalue weighted by molar-refractivity contribution is -0.114. The lowest BCUT2D eigenvalue weighted by atomic mass is 10.1. The molecule has 1 amide bonds. The van der Waals surface area contributed by atoms with Gasteiger partial charge in [0.1, 0.15) is 5.75 Å². The standard InChI is InChI=1S/C12H13N3O3/c1-7(16)15-11-8(4-3-5-10(11)17-2)9-6-14-18-12(9)13/h3-6H,13H2,1-2H3,(H,15,16). The van der Waals surface area contributed by atoms with Crippen molar-refractivity contribution in [1.29, 1.82) is 0 Å². The van der Waals surface area contributed by atoms with Gasteiger partial charge in [-0.15, -0.1) is 0 Å². The average Bonchev–Trinajstić information content (AvgIpc) is 2.75. The van der Waals surface area contributed by atoms with E-state index in [4.69, 9.17) is 15.0 Å². The van der Waals surface area contributed by atoms with E-state index in [9.17, 15) is 4.79 Å². The number of anilines is 2. The van der Waals surface area contributed by atoms with Gasteiger partial charge in [-0.2, -0.15) is 0 Å². The van der Waals surface area contributed by atoms with Crippen LogP contribution in [0.4, 0.5) is 11.6 Å². The number of carbonyl (C=O) groups excluding carboxylic acids is 1. The molecule has 0 aliphatic carbocycles. The Kier molecular flexibility index (Phi) is 3.18. The predicted octanol–water partition coefficient (Wildman–Crippen LogP) is 1.89. The zero-order chi connectivity index (χ0) is 13.1. The average molecular weight is 247 g/mol. The van der Waals surface area contributed by atoms with E-state index in [0.29, 0.717) is 22.6 Å². The van der Waals surface area contributed by atoms with Crippen molar-refractivity contribution in [3.05, 3.63) is 24.4 Å². The van der Waals surface area contributed by atoms with Gasteiger partial charge in [-0.25, -0.2) is 0 Å². The minimum absolute atomic E-state index is 0.190. The van der Waals surface area contributed by atoms with Gasteiger partial charge in [-0.05, 0) is 6.07 Å². The molecule has 1 aromatic heterocycles. The number of rotatable bonds is 3. The molecule has 0 aliphatic heterocycles. The third-order valence-corrected chi connectivity index (χ3v) is 2.44. The molecule has 6 heteroatoms. The van der Waals surface area contributed by atoms with Gasteiger partial charge < -0.3 is 20.3 Å². The van der Waals surface area contributed by atoms with Crippen molar-refractivity contribution in [3.8, 4) is 16.9 Å². The Hall–Kier alpha value is -2.50. The van der Waals surface area contributed by atoms with Gasteiger partial charge in [0.05, 0.1) is 24.6 Å². The summed E-state index contributed by atoms with van der Waals surface area (Å²) in [5.41, 5.74) is 7.53. The van der Waals surface area contributed by atoms with Gasteiger partial charge >= 0.3 is 0 Å². The molecule has 6 nitrogen and oxygen atoms in total. The highest BCUT2D eigenvalue weighted by Crippen LogP contribution is 2.38. The second kappa shape index (κ2) is 4.79. The highest BCUT2D eigenvalue weighted by atomic mass is 16.5. The Morgan fingerprint density at radius 1 is 1.44 bits per heavy atom. The molecule has 0 aliphatic rings. The van der Waals surface area contributed by atoms with Crippen molar-refractivity contribution in [3.63, 3.8) is 0 Å². The number of ether oxygens (including phenoxy) is 1. The van der Waals surface area contributed by atoms with Gasteiger partial charge in [0.15, 0.2) is 0 Å². The topological polar surface area (TPSA) is 90.4 Å². The normalized spacial score (nSPS) is 10.1. The largest absolute Gasteiger partial charge is 0.495 e. The van der Waals surface area contributed by atoms with Crippen LogP contribution in [0.25, 0.3) is 11.1 Å². The van der Waals surface area contributed by atoms with Gasteiger partial charge in [0, 0.05) is 12.5 Å². The molecule has 18 heavy (non-hydrogen) atoms. The molecule has 0 bridgehead atoms. The van der Waals surface area contributed by atoms with Crippen LogP contribution in [0, 0.1) is 0 Å². The molecule has 0 saturated carbocycles. The number of aromatic nitrogens is 1. The Balaban J connectivity index is 2.59. The molecule has 94 valence electrons. The first-order valence-corrected chi connectivity index (χ1v) is 5.28. The fraction of sp³-hybridized carbons (Fsp3) is 0.167. The first-order valence-electron chi connectivity index (χ1n) is 5.28. The van der Waals surface area contributed by atoms with Gasteiger partial charge in [-0.1, -0.05) is 17.3 Å². The van der Waals surface area contributed by atoms with E-state index in [1.165, 1.54) is 20.2 Å². The smallest absolute Gasteiger partial charge is 0.230 e. The summed E-state index contributed by atoms with van der Waals surface area (Å²) in [6.45, 7) is 1.42. The van der Waals surface area contributed by atoms with Crippen LogP contribution in [-0.4, -0.2) is 18.2 Å². The van der Waals surface area contributed by atoms with Crippen LogP contribution in [0.5, 0.6) is 5.75 Å². The van der Waals surface area contributed by atoms with Crippen molar-refractivity contribution < 1.29 is 14.1 Å². The van der Waals surface area contributed by atoms with Gasteiger partial charge in [0.25, 0.3) is 0 Å². The van der Waals surface area contributed by atoms with Crippen LogP contribution in [0.1, 0.15) is 6.92 Å². The number of hydrogen-bond donors (Lipinski definition) is 2. The van der Waals surface area contributed by atoms with E-state index >= 15 is 0 Å². The molecule has 0 unspecified atom stereocenters. The van der Waals surface area contributed by atoms with Gasteiger partial charge in [0.2, 0.25) is 11.8 Å². The lowest BCUT2D eigenvalue weighted by Gasteiger charge is -2.13. The summed E-state index contributed by atoms with van der Waals surface area (Å²) in [5, 5.41) is 6.34. The van der Waals surface area contributed by atoms with Crippen LogP contribution in [0.3, 0.4) is 0 Å². The van der Waals surface area contributed by atoms with E-state index in [2.05, 4.69) is 10.5 Å². The highest BCUT2D eigenvalue weighted by Gasteiger charge is 2.16. The van der Waals surface area contributed by atoms with Crippen LogP contribution < -0.4 is 15.8 Å². The zero-order valence-corrected chi connectivity index (χ0v) is 10.1. The minimum Gasteiger partial charge on any atom is -0.495 e. The molecule has 2 rings (SSSR count). The van der Waals surface area contributed by atoms with E-state index in [-0.39, 0.29) is 11.8 Å². The minimum atomic E-state index is -0.198. The number of carbonyl (C=O) groups is 1. The molecule has 1 aromatic carbocycles. The maximum absolute atomic E-state index is 11.3. The second-order valence-electron chi connectivity index (χ2n) is 3.67. The van der Waals surface area contributed by atoms with Crippen LogP contribution in [0.2, 0.25) is 0 Å². The van der Waals surface area contributed by atoms with Crippen molar-refractivity contribution in [1.82, 2.24) is 5.16 Å². The monoisotopic (exact) mass is 247 g/mol. The number of hydrogen-bond acceptors (Lipinski definition) is 5. The summed E-state index contributed by atoms with van der Waals surface area (Å²) in [6, 6.07) is 5.35. The summed E-state index contributed by atoms with van der Waals surface area (Å²) < 4.78 is 10.0. The second-order valence-corrected chi connectivity index (χ2v) is 3.67. The maximum Gasteiger partial charge on any atom is 0.230 e. The Morgan fingerprint density at radius 3 is 2.78 bits per heavy atom. The first kappa shape index (κ1) is 12.0. The van der Waals surface area contributed by atoms with Crippen LogP contribution >= 0.6 is 0 Å². The number of nitrogen functional groups attached to an aromatic ring is 1. The molecule has 0 saturated heterocycles. The number of methoxy groups -OCH3 is 1. The van der Waals surface area contributed by atoms with Crippen molar-refractivity contribution >= 4 is 17.5 Å². The molecular formula is C12H13N3O3. The molecule has 0 atom stereocenters. The fourth-order valence-corrected chi connectivity index (χ4v) is 1.68. The molecule has 1 heterocycles. The first-order chi connectivity index (χ1) is 8.63. The van der Waals surface area contributed by atoms with E-state index < -0.39 is 0 Å². The van der Waals surface area contributed by atoms with E-state index in [1.807, 2.05) is 0 Å². The summed E-state index contributed by atoms with van der Waals surface area (Å²) in [6.07, 6.45) is 1.50. The van der Waals surface area contributed by atoms with E-state index in [1.54, 1.807) is 18.2 Å². The highest BCUT2D eigenvalue weighted by molar-refractivity contribution is 5.97. The number of para-hydroxylation sites is 1. The number of nitrogens with two attached hydrogens (primary N) is 1. The number of benzene rings is 1. The SMILES string of the molecule is COc1cccc(-c2cnoc2N)c1NC(C)=O. The quantitative estimate of drug-likeness (QED) is 0.864. The molecular weight excluding hydrogens is 234 g/mol. The Bertz CT molecular complexity index is 578. The van der Waals surface area contributed by atoms with E-state index in [0.717, 1.165) is 0 Å². The number of amides is 1. The third kappa shape index (κ3) is 2.13. The fourth-order valence-electron chi connectivity index (χ4n) is 1.68. The molecule has 0 fully saturated rings. The summed E-state index contributed by atoms with van der Waals surface area (Å²) >= 11 is 0. The molecule has 0 spiro atoms. The van der Waals surface area contributed by atoms with Crippen molar-refractivity contribution in [2.45, 2.75) is 6.92 Å². The zero-order valence-electron chi connectivity index (χ0n) is 10.1. The molecule has 2 aromatic rings. The van der Waals surface area contributed by atoms with Crippen molar-refractivity contribution in [2.75, 3.05) is 18.2 Å². The van der Waals surface area contributed by atoms with Crippen molar-refractivity contribution in [2.24, 2.45) is 0 Å².